The predicted octanol–water partition coefficient (Wildman–Crippen LogP) is -0.0981. The van der Waals surface area contributed by atoms with Crippen LogP contribution in [0.25, 0.3) is 0 Å². The van der Waals surface area contributed by atoms with Gasteiger partial charge in [0, 0.05) is 0 Å². The molecule has 0 aliphatic rings. The Morgan fingerprint density at radius 3 is 0.516 bits per heavy atom. The molecule has 10 nitrogen and oxygen atoms in total. The maximum atomic E-state index is 11.5. The number of sulfonamides is 4. The molecule has 0 aromatic heterocycles. The van der Waals surface area contributed by atoms with Gasteiger partial charge in [-0.1, -0.05) is 8.25 Å². The van der Waals surface area contributed by atoms with Crippen LogP contribution in [0, 0.1) is 0 Å². The van der Waals surface area contributed by atoms with E-state index in [1.807, 2.05) is 0 Å². The summed E-state index contributed by atoms with van der Waals surface area (Å²) < 4.78 is 217. The van der Waals surface area contributed by atoms with E-state index in [-0.39, 0.29) is 51.4 Å². The van der Waals surface area contributed by atoms with Crippen molar-refractivity contribution in [3.05, 3.63) is 0 Å². The van der Waals surface area contributed by atoms with E-state index >= 15 is 0 Å². The number of halogens is 12. The molecule has 27 heteroatoms. The van der Waals surface area contributed by atoms with Crippen LogP contribution in [0.2, 0.25) is 0 Å². The van der Waals surface area contributed by atoms with Gasteiger partial charge in [-0.15, -0.1) is 0 Å². The number of rotatable bonds is 4. The van der Waals surface area contributed by atoms with E-state index in [2.05, 4.69) is 0 Å². The Morgan fingerprint density at radius 2 is 0.452 bits per heavy atom. The van der Waals surface area contributed by atoms with Crippen LogP contribution in [0.4, 0.5) is 52.7 Å². The molecule has 0 amide bonds. The minimum atomic E-state index is -6.60. The van der Waals surface area contributed by atoms with Crippen LogP contribution < -0.4 is 8.25 Å². The third kappa shape index (κ3) is 10.5. The number of nitrogens with one attached hydrogen (secondary N) is 2. The summed E-state index contributed by atoms with van der Waals surface area (Å²) in [5.41, 5.74) is -24.6. The predicted molar refractivity (Wildman–Crippen MR) is 73.3 cm³/mol. The zero-order valence-electron chi connectivity index (χ0n) is 12.4. The quantitative estimate of drug-likeness (QED) is 0.333. The van der Waals surface area contributed by atoms with Gasteiger partial charge in [-0.3, -0.25) is 0 Å². The first kappa shape index (κ1) is 36.1. The van der Waals surface area contributed by atoms with E-state index in [9.17, 15) is 86.4 Å². The van der Waals surface area contributed by atoms with Gasteiger partial charge in [0.2, 0.25) is 0 Å². The molecule has 0 aromatic carbocycles. The van der Waals surface area contributed by atoms with E-state index in [0.717, 1.165) is 0 Å². The standard InChI is InChI=1S/2C2HF6NO4S2.K.H/c2*3-1(4,5)14(10,11)9-15(12,13)2(6,7)8;;/h2*9H;;. The van der Waals surface area contributed by atoms with Gasteiger partial charge >= 0.3 is 114 Å². The Bertz CT molecular complexity index is 862. The van der Waals surface area contributed by atoms with E-state index in [1.54, 1.807) is 0 Å². The average Bonchev–Trinajstić information content (AvgIpc) is 2.30. The van der Waals surface area contributed by atoms with Crippen LogP contribution in [0.1, 0.15) is 0 Å². The molecule has 0 fully saturated rings. The first-order chi connectivity index (χ1) is 12.4. The summed E-state index contributed by atoms with van der Waals surface area (Å²) in [6.07, 6.45) is 0. The number of hydrogen-bond donors (Lipinski definition) is 2. The van der Waals surface area contributed by atoms with E-state index in [4.69, 9.17) is 0 Å². The third-order valence-corrected chi connectivity index (χ3v) is 7.61. The van der Waals surface area contributed by atoms with E-state index in [1.165, 1.54) is 0 Å². The molecule has 0 aliphatic carbocycles. The maximum absolute atomic E-state index is 11.5. The molecule has 0 saturated heterocycles. The Morgan fingerprint density at radius 1 is 0.355 bits per heavy atom. The van der Waals surface area contributed by atoms with Gasteiger partial charge in [-0.05, 0) is 0 Å². The summed E-state index contributed by atoms with van der Waals surface area (Å²) in [4.78, 5) is 0. The molecule has 0 bridgehead atoms. The summed E-state index contributed by atoms with van der Waals surface area (Å²) >= 11 is 0. The molecule has 2 N–H and O–H groups in total. The van der Waals surface area contributed by atoms with Crippen LogP contribution in [0.5, 0.6) is 0 Å². The molecule has 186 valence electrons. The Balaban J connectivity index is -0.000000490. The normalized spacial score (nSPS) is 14.8. The molecule has 0 aliphatic heterocycles. The van der Waals surface area contributed by atoms with Crippen LogP contribution in [0.3, 0.4) is 0 Å². The van der Waals surface area contributed by atoms with Gasteiger partial charge < -0.3 is 0 Å². The molecule has 0 aromatic rings. The molecular formula is C4H3F12KN2O8S4. The van der Waals surface area contributed by atoms with Crippen molar-refractivity contribution in [1.29, 1.82) is 0 Å². The van der Waals surface area contributed by atoms with E-state index < -0.39 is 70.4 Å². The number of hydrogen-bond acceptors (Lipinski definition) is 8. The molecule has 0 unspecified atom stereocenters. The van der Waals surface area contributed by atoms with Gasteiger partial charge in [-0.25, -0.2) is 33.7 Å². The Hall–Kier alpha value is 0.516. The van der Waals surface area contributed by atoms with Crippen LogP contribution in [0.15, 0.2) is 0 Å². The van der Waals surface area contributed by atoms with Crippen molar-refractivity contribution < 1.29 is 86.4 Å². The van der Waals surface area contributed by atoms with Crippen LogP contribution in [-0.2, 0) is 40.1 Å². The molecule has 0 heterocycles. The topological polar surface area (TPSA) is 161 Å². The first-order valence-corrected chi connectivity index (χ1v) is 11.2. The molecule has 0 spiro atoms. The molecule has 0 saturated carbocycles. The summed E-state index contributed by atoms with van der Waals surface area (Å²) in [7, 11) is -26.4. The molecule has 0 rings (SSSR count). The van der Waals surface area contributed by atoms with Gasteiger partial charge in [0.15, 0.2) is 0 Å². The SMILES string of the molecule is O=S(=O)(NS(=O)(=O)C(F)(F)F)C(F)(F)F.O=S(=O)(NS(=O)(=O)C(F)(F)F)C(F)(F)F.[KH]. The third-order valence-electron chi connectivity index (χ3n) is 1.66. The zero-order chi connectivity index (χ0) is 25.4. The summed E-state index contributed by atoms with van der Waals surface area (Å²) in [6.45, 7) is 0. The molecular weight excluding hydrogens is 599 g/mol. The van der Waals surface area contributed by atoms with E-state index in [0.29, 0.717) is 0 Å². The van der Waals surface area contributed by atoms with Gasteiger partial charge in [0.05, 0.1) is 0 Å². The summed E-state index contributed by atoms with van der Waals surface area (Å²) in [6, 6.07) is 0. The average molecular weight is 602 g/mol. The van der Waals surface area contributed by atoms with Crippen LogP contribution in [-0.4, -0.2) is 107 Å². The van der Waals surface area contributed by atoms with Crippen molar-refractivity contribution in [2.45, 2.75) is 22.0 Å². The van der Waals surface area contributed by atoms with Crippen LogP contribution >= 0.6 is 0 Å². The van der Waals surface area contributed by atoms with Crippen molar-refractivity contribution in [3.8, 4) is 0 Å². The van der Waals surface area contributed by atoms with Crippen molar-refractivity contribution in [2.24, 2.45) is 0 Å². The summed E-state index contributed by atoms with van der Waals surface area (Å²) in [5, 5.41) is 0. The van der Waals surface area contributed by atoms with Crippen molar-refractivity contribution in [1.82, 2.24) is 8.25 Å². The zero-order valence-corrected chi connectivity index (χ0v) is 15.7. The second kappa shape index (κ2) is 10.4. The fourth-order valence-corrected chi connectivity index (χ4v) is 4.30. The van der Waals surface area contributed by atoms with Crippen molar-refractivity contribution in [3.63, 3.8) is 0 Å². The first-order valence-electron chi connectivity index (χ1n) is 5.23. The second-order valence-corrected chi connectivity index (χ2v) is 11.2. The van der Waals surface area contributed by atoms with Gasteiger partial charge in [-0.2, -0.15) is 52.7 Å². The minimum absolute atomic E-state index is 0. The van der Waals surface area contributed by atoms with Crippen molar-refractivity contribution >= 4 is 91.5 Å². The Labute approximate surface area is 206 Å². The fourth-order valence-electron chi connectivity index (χ4n) is 0.478. The summed E-state index contributed by atoms with van der Waals surface area (Å²) in [5.74, 6) is 0. The molecule has 31 heavy (non-hydrogen) atoms. The van der Waals surface area contributed by atoms with Crippen molar-refractivity contribution in [2.75, 3.05) is 0 Å². The number of alkyl halides is 12. The monoisotopic (exact) mass is 602 g/mol. The van der Waals surface area contributed by atoms with Gasteiger partial charge in [0.1, 0.15) is 0 Å². The fraction of sp³-hybridized carbons (Fsp3) is 1.00. The van der Waals surface area contributed by atoms with Gasteiger partial charge in [0.25, 0.3) is 0 Å². The molecule has 0 radical (unpaired) electrons. The molecule has 0 atom stereocenters. The Kier molecular flexibility index (Phi) is 12.1. The second-order valence-electron chi connectivity index (χ2n) is 3.96.